The number of piperidine rings is 1. The standard InChI is InChI=1S/C19H27NO5/c1-19(2,18(22)23)13-20-10-8-14(9-11-20)12-25-16-6-4-15(5-7-16)17(21)24-3/h4-7,14H,8-13H2,1-3H3,(H,22,23). The molecule has 1 N–H and O–H groups in total. The number of likely N-dealkylation sites (tertiary alicyclic amines) is 1. The minimum atomic E-state index is -0.756. The fourth-order valence-corrected chi connectivity index (χ4v) is 2.96. The average molecular weight is 349 g/mol. The molecule has 0 aliphatic carbocycles. The molecular weight excluding hydrogens is 322 g/mol. The van der Waals surface area contributed by atoms with Crippen molar-refractivity contribution in [3.63, 3.8) is 0 Å². The van der Waals surface area contributed by atoms with E-state index in [9.17, 15) is 14.7 Å². The minimum absolute atomic E-state index is 0.358. The fourth-order valence-electron chi connectivity index (χ4n) is 2.96. The summed E-state index contributed by atoms with van der Waals surface area (Å²) < 4.78 is 10.5. The van der Waals surface area contributed by atoms with Crippen LogP contribution >= 0.6 is 0 Å². The molecule has 1 aliphatic rings. The molecule has 0 amide bonds. The van der Waals surface area contributed by atoms with E-state index in [-0.39, 0.29) is 5.97 Å². The number of carboxylic acids is 1. The van der Waals surface area contributed by atoms with E-state index in [0.717, 1.165) is 31.7 Å². The van der Waals surface area contributed by atoms with Crippen molar-refractivity contribution < 1.29 is 24.2 Å². The second kappa shape index (κ2) is 8.34. The van der Waals surface area contributed by atoms with Gasteiger partial charge >= 0.3 is 11.9 Å². The molecular formula is C19H27NO5. The van der Waals surface area contributed by atoms with Crippen molar-refractivity contribution in [1.29, 1.82) is 0 Å². The van der Waals surface area contributed by atoms with Crippen molar-refractivity contribution in [3.8, 4) is 5.75 Å². The predicted molar refractivity (Wildman–Crippen MR) is 93.9 cm³/mol. The van der Waals surface area contributed by atoms with E-state index in [1.165, 1.54) is 7.11 Å². The van der Waals surface area contributed by atoms with Crippen molar-refractivity contribution in [2.45, 2.75) is 26.7 Å². The molecule has 0 aromatic heterocycles. The summed E-state index contributed by atoms with van der Waals surface area (Å²) in [6, 6.07) is 6.93. The first-order valence-corrected chi connectivity index (χ1v) is 8.59. The number of hydrogen-bond acceptors (Lipinski definition) is 5. The Morgan fingerprint density at radius 2 is 1.80 bits per heavy atom. The molecule has 6 heteroatoms. The molecule has 1 aromatic rings. The van der Waals surface area contributed by atoms with Gasteiger partial charge in [0.1, 0.15) is 5.75 Å². The number of methoxy groups -OCH3 is 1. The summed E-state index contributed by atoms with van der Waals surface area (Å²) in [6.07, 6.45) is 1.99. The summed E-state index contributed by atoms with van der Waals surface area (Å²) in [5.41, 5.74) is -0.214. The van der Waals surface area contributed by atoms with Gasteiger partial charge < -0.3 is 19.5 Å². The number of nitrogens with zero attached hydrogens (tertiary/aromatic N) is 1. The summed E-state index contributed by atoms with van der Waals surface area (Å²) in [4.78, 5) is 24.8. The van der Waals surface area contributed by atoms with E-state index in [2.05, 4.69) is 9.64 Å². The van der Waals surface area contributed by atoms with E-state index < -0.39 is 11.4 Å². The van der Waals surface area contributed by atoms with Crippen molar-refractivity contribution in [3.05, 3.63) is 29.8 Å². The van der Waals surface area contributed by atoms with Gasteiger partial charge in [0.05, 0.1) is 24.7 Å². The Morgan fingerprint density at radius 1 is 1.20 bits per heavy atom. The lowest BCUT2D eigenvalue weighted by molar-refractivity contribution is -0.148. The van der Waals surface area contributed by atoms with Crippen LogP contribution in [0.15, 0.2) is 24.3 Å². The largest absolute Gasteiger partial charge is 0.493 e. The highest BCUT2D eigenvalue weighted by Crippen LogP contribution is 2.24. The van der Waals surface area contributed by atoms with Gasteiger partial charge in [0.25, 0.3) is 0 Å². The van der Waals surface area contributed by atoms with E-state index in [1.807, 2.05) is 0 Å². The molecule has 0 radical (unpaired) electrons. The molecule has 0 bridgehead atoms. The molecule has 0 saturated carbocycles. The SMILES string of the molecule is COC(=O)c1ccc(OCC2CCN(CC(C)(C)C(=O)O)CC2)cc1. The molecule has 1 heterocycles. The summed E-state index contributed by atoms with van der Waals surface area (Å²) in [6.45, 7) is 6.53. The second-order valence-electron chi connectivity index (χ2n) is 7.24. The van der Waals surface area contributed by atoms with Gasteiger partial charge in [0.15, 0.2) is 0 Å². The van der Waals surface area contributed by atoms with Gasteiger partial charge in [0.2, 0.25) is 0 Å². The molecule has 2 rings (SSSR count). The van der Waals surface area contributed by atoms with Crippen LogP contribution in [0.1, 0.15) is 37.0 Å². The summed E-state index contributed by atoms with van der Waals surface area (Å²) in [5.74, 6) is 0.0862. The van der Waals surface area contributed by atoms with E-state index in [0.29, 0.717) is 24.6 Å². The van der Waals surface area contributed by atoms with Crippen molar-refractivity contribution in [2.75, 3.05) is 33.4 Å². The molecule has 0 spiro atoms. The quantitative estimate of drug-likeness (QED) is 0.763. The van der Waals surface area contributed by atoms with Crippen molar-refractivity contribution in [2.24, 2.45) is 11.3 Å². The molecule has 1 aliphatic heterocycles. The third-order valence-corrected chi connectivity index (χ3v) is 4.67. The number of aliphatic carboxylic acids is 1. The van der Waals surface area contributed by atoms with Crippen molar-refractivity contribution in [1.82, 2.24) is 4.90 Å². The number of carboxylic acid groups (broad SMARTS) is 1. The highest BCUT2D eigenvalue weighted by Gasteiger charge is 2.31. The van der Waals surface area contributed by atoms with Gasteiger partial charge in [-0.25, -0.2) is 4.79 Å². The van der Waals surface area contributed by atoms with Gasteiger partial charge in [-0.05, 0) is 70.0 Å². The maximum Gasteiger partial charge on any atom is 0.337 e. The summed E-state index contributed by atoms with van der Waals surface area (Å²) in [7, 11) is 1.36. The molecule has 0 unspecified atom stereocenters. The predicted octanol–water partition coefficient (Wildman–Crippen LogP) is 2.67. The monoisotopic (exact) mass is 349 g/mol. The molecule has 138 valence electrons. The molecule has 1 aromatic carbocycles. The van der Waals surface area contributed by atoms with Crippen LogP contribution in [0, 0.1) is 11.3 Å². The second-order valence-corrected chi connectivity index (χ2v) is 7.24. The smallest absolute Gasteiger partial charge is 0.337 e. The number of hydrogen-bond donors (Lipinski definition) is 1. The van der Waals surface area contributed by atoms with Crippen LogP contribution in [0.25, 0.3) is 0 Å². The molecule has 1 fully saturated rings. The lowest BCUT2D eigenvalue weighted by Gasteiger charge is -2.35. The van der Waals surface area contributed by atoms with Crippen LogP contribution in [0.2, 0.25) is 0 Å². The van der Waals surface area contributed by atoms with Crippen LogP contribution in [-0.2, 0) is 9.53 Å². The highest BCUT2D eigenvalue weighted by atomic mass is 16.5. The van der Waals surface area contributed by atoms with Crippen LogP contribution in [0.4, 0.5) is 0 Å². The van der Waals surface area contributed by atoms with E-state index in [4.69, 9.17) is 4.74 Å². The van der Waals surface area contributed by atoms with E-state index in [1.54, 1.807) is 38.1 Å². The first kappa shape index (κ1) is 19.2. The average Bonchev–Trinajstić information content (AvgIpc) is 2.60. The third kappa shape index (κ3) is 5.46. The Kier molecular flexibility index (Phi) is 6.42. The summed E-state index contributed by atoms with van der Waals surface area (Å²) >= 11 is 0. The Morgan fingerprint density at radius 3 is 2.32 bits per heavy atom. The van der Waals surface area contributed by atoms with Crippen LogP contribution in [-0.4, -0.2) is 55.3 Å². The molecule has 25 heavy (non-hydrogen) atoms. The zero-order chi connectivity index (χ0) is 18.4. The lowest BCUT2D eigenvalue weighted by atomic mass is 9.90. The van der Waals surface area contributed by atoms with Crippen molar-refractivity contribution >= 4 is 11.9 Å². The van der Waals surface area contributed by atoms with E-state index >= 15 is 0 Å². The van der Waals surface area contributed by atoms with Gasteiger partial charge in [-0.2, -0.15) is 0 Å². The minimum Gasteiger partial charge on any atom is -0.493 e. The molecule has 6 nitrogen and oxygen atoms in total. The van der Waals surface area contributed by atoms with Crippen LogP contribution in [0.5, 0.6) is 5.75 Å². The number of ether oxygens (including phenoxy) is 2. The third-order valence-electron chi connectivity index (χ3n) is 4.67. The molecule has 0 atom stereocenters. The number of carbonyl (C=O) groups is 2. The highest BCUT2D eigenvalue weighted by molar-refractivity contribution is 5.89. The number of carbonyl (C=O) groups excluding carboxylic acids is 1. The Balaban J connectivity index is 1.75. The summed E-state index contributed by atoms with van der Waals surface area (Å²) in [5, 5.41) is 9.23. The van der Waals surface area contributed by atoms with Gasteiger partial charge in [-0.15, -0.1) is 0 Å². The first-order chi connectivity index (χ1) is 11.8. The lowest BCUT2D eigenvalue weighted by Crippen LogP contribution is -2.43. The fraction of sp³-hybridized carbons (Fsp3) is 0.579. The van der Waals surface area contributed by atoms with Crippen LogP contribution in [0.3, 0.4) is 0 Å². The number of rotatable bonds is 7. The topological polar surface area (TPSA) is 76.1 Å². The zero-order valence-corrected chi connectivity index (χ0v) is 15.2. The Labute approximate surface area is 148 Å². The Bertz CT molecular complexity index is 588. The zero-order valence-electron chi connectivity index (χ0n) is 15.2. The normalized spacial score (nSPS) is 16.4. The number of benzene rings is 1. The van der Waals surface area contributed by atoms with Crippen LogP contribution < -0.4 is 4.74 Å². The maximum absolute atomic E-state index is 11.4. The first-order valence-electron chi connectivity index (χ1n) is 8.59. The van der Waals surface area contributed by atoms with Gasteiger partial charge in [-0.1, -0.05) is 0 Å². The Hall–Kier alpha value is -2.08. The maximum atomic E-state index is 11.4. The number of esters is 1. The molecule has 1 saturated heterocycles. The van der Waals surface area contributed by atoms with Gasteiger partial charge in [0, 0.05) is 6.54 Å². The van der Waals surface area contributed by atoms with Gasteiger partial charge in [-0.3, -0.25) is 4.79 Å².